The number of thiol groups is 1. The molecule has 0 radical (unpaired) electrons. The maximum Gasteiger partial charge on any atom is 0.0682 e. The number of nitrogens with zero attached hydrogens (tertiary/aromatic N) is 1. The van der Waals surface area contributed by atoms with E-state index in [-0.39, 0.29) is 0 Å². The molecule has 0 saturated heterocycles. The Balaban J connectivity index is 2.57. The highest BCUT2D eigenvalue weighted by Crippen LogP contribution is 2.15. The molecule has 2 nitrogen and oxygen atoms in total. The van der Waals surface area contributed by atoms with Crippen molar-refractivity contribution < 1.29 is 0 Å². The highest BCUT2D eigenvalue weighted by atomic mass is 32.1. The maximum absolute atomic E-state index is 4.20. The van der Waals surface area contributed by atoms with E-state index in [1.165, 1.54) is 10.9 Å². The molecule has 0 aliphatic heterocycles. The summed E-state index contributed by atoms with van der Waals surface area (Å²) in [5.41, 5.74) is 2.44. The van der Waals surface area contributed by atoms with Crippen LogP contribution in [0.5, 0.6) is 0 Å². The summed E-state index contributed by atoms with van der Waals surface area (Å²) in [6, 6.07) is 6.22. The minimum absolute atomic E-state index is 0.873. The van der Waals surface area contributed by atoms with Crippen LogP contribution in [0.4, 0.5) is 0 Å². The van der Waals surface area contributed by atoms with Crippen molar-refractivity contribution in [2.75, 3.05) is 5.75 Å². The van der Waals surface area contributed by atoms with Gasteiger partial charge >= 0.3 is 0 Å². The molecule has 1 heterocycles. The number of hydrogen-bond donors (Lipinski definition) is 2. The van der Waals surface area contributed by atoms with E-state index in [1.807, 2.05) is 6.20 Å². The standard InChI is InChI=1S/C9H10N2S/c12-5-4-7-2-1-3-8-6-10-11-9(7)8/h1-3,6,12H,4-5H2,(H,10,11). The average Bonchev–Trinajstić information content (AvgIpc) is 2.53. The third kappa shape index (κ3) is 1.20. The van der Waals surface area contributed by atoms with Crippen LogP contribution >= 0.6 is 12.6 Å². The van der Waals surface area contributed by atoms with Gasteiger partial charge < -0.3 is 0 Å². The van der Waals surface area contributed by atoms with Crippen molar-refractivity contribution in [3.8, 4) is 0 Å². The second-order valence-electron chi connectivity index (χ2n) is 2.72. The van der Waals surface area contributed by atoms with Gasteiger partial charge in [-0.2, -0.15) is 17.7 Å². The lowest BCUT2D eigenvalue weighted by Crippen LogP contribution is -1.87. The van der Waals surface area contributed by atoms with Gasteiger partial charge in [-0.15, -0.1) is 0 Å². The molecule has 3 heteroatoms. The zero-order valence-corrected chi connectivity index (χ0v) is 7.51. The van der Waals surface area contributed by atoms with Crippen molar-refractivity contribution >= 4 is 23.5 Å². The van der Waals surface area contributed by atoms with Crippen LogP contribution in [0.2, 0.25) is 0 Å². The molecule has 0 saturated carbocycles. The smallest absolute Gasteiger partial charge is 0.0682 e. The third-order valence-electron chi connectivity index (χ3n) is 1.94. The topological polar surface area (TPSA) is 28.7 Å². The van der Waals surface area contributed by atoms with E-state index in [1.54, 1.807) is 0 Å². The summed E-state index contributed by atoms with van der Waals surface area (Å²) < 4.78 is 0. The van der Waals surface area contributed by atoms with Gasteiger partial charge in [0.1, 0.15) is 0 Å². The van der Waals surface area contributed by atoms with E-state index in [2.05, 4.69) is 41.0 Å². The zero-order valence-electron chi connectivity index (χ0n) is 6.62. The van der Waals surface area contributed by atoms with Gasteiger partial charge in [0.2, 0.25) is 0 Å². The lowest BCUT2D eigenvalue weighted by atomic mass is 10.1. The van der Waals surface area contributed by atoms with Crippen LogP contribution in [0, 0.1) is 0 Å². The van der Waals surface area contributed by atoms with Gasteiger partial charge in [0.05, 0.1) is 11.7 Å². The Hall–Kier alpha value is -0.960. The Morgan fingerprint density at radius 2 is 2.33 bits per heavy atom. The Labute approximate surface area is 76.4 Å². The molecule has 0 amide bonds. The Morgan fingerprint density at radius 3 is 3.17 bits per heavy atom. The molecule has 12 heavy (non-hydrogen) atoms. The van der Waals surface area contributed by atoms with Crippen molar-refractivity contribution in [3.63, 3.8) is 0 Å². The Morgan fingerprint density at radius 1 is 1.42 bits per heavy atom. The summed E-state index contributed by atoms with van der Waals surface area (Å²) in [4.78, 5) is 0. The summed E-state index contributed by atoms with van der Waals surface area (Å²) >= 11 is 4.20. The fourth-order valence-corrected chi connectivity index (χ4v) is 1.60. The van der Waals surface area contributed by atoms with E-state index < -0.39 is 0 Å². The number of aryl methyl sites for hydroxylation is 1. The molecule has 0 aliphatic carbocycles. The highest BCUT2D eigenvalue weighted by molar-refractivity contribution is 7.80. The predicted octanol–water partition coefficient (Wildman–Crippen LogP) is 2.04. The lowest BCUT2D eigenvalue weighted by molar-refractivity contribution is 1.09. The number of H-pyrrole nitrogens is 1. The van der Waals surface area contributed by atoms with Crippen molar-refractivity contribution in [2.24, 2.45) is 0 Å². The monoisotopic (exact) mass is 178 g/mol. The third-order valence-corrected chi connectivity index (χ3v) is 2.17. The SMILES string of the molecule is SCCc1cccc2cn[nH]c12. The Kier molecular flexibility index (Phi) is 2.04. The molecule has 0 aliphatic rings. The highest BCUT2D eigenvalue weighted by Gasteiger charge is 2.00. The predicted molar refractivity (Wildman–Crippen MR) is 53.7 cm³/mol. The fourth-order valence-electron chi connectivity index (χ4n) is 1.36. The number of fused-ring (bicyclic) bond motifs is 1. The molecule has 0 bridgehead atoms. The van der Waals surface area contributed by atoms with Crippen molar-refractivity contribution in [3.05, 3.63) is 30.0 Å². The molecule has 62 valence electrons. The molecule has 2 aromatic rings. The second-order valence-corrected chi connectivity index (χ2v) is 3.17. The normalized spacial score (nSPS) is 10.8. The van der Waals surface area contributed by atoms with Gasteiger partial charge in [-0.1, -0.05) is 18.2 Å². The molecule has 0 unspecified atom stereocenters. The van der Waals surface area contributed by atoms with Crippen LogP contribution < -0.4 is 0 Å². The van der Waals surface area contributed by atoms with Gasteiger partial charge in [0.15, 0.2) is 0 Å². The summed E-state index contributed by atoms with van der Waals surface area (Å²) in [6.07, 6.45) is 2.83. The minimum Gasteiger partial charge on any atom is -0.278 e. The number of aromatic amines is 1. The zero-order chi connectivity index (χ0) is 8.39. The van der Waals surface area contributed by atoms with Crippen molar-refractivity contribution in [1.82, 2.24) is 10.2 Å². The first-order valence-corrected chi connectivity index (χ1v) is 4.57. The first-order valence-electron chi connectivity index (χ1n) is 3.93. The van der Waals surface area contributed by atoms with Gasteiger partial charge in [-0.25, -0.2) is 0 Å². The number of rotatable bonds is 2. The van der Waals surface area contributed by atoms with Gasteiger partial charge in [0, 0.05) is 5.39 Å². The summed E-state index contributed by atoms with van der Waals surface area (Å²) in [7, 11) is 0. The molecule has 0 fully saturated rings. The minimum atomic E-state index is 0.873. The molecule has 1 aromatic carbocycles. The molecule has 1 aromatic heterocycles. The first-order chi connectivity index (χ1) is 5.92. The van der Waals surface area contributed by atoms with E-state index in [4.69, 9.17) is 0 Å². The number of para-hydroxylation sites is 1. The summed E-state index contributed by atoms with van der Waals surface area (Å²) in [6.45, 7) is 0. The molecular weight excluding hydrogens is 168 g/mol. The van der Waals surface area contributed by atoms with Crippen molar-refractivity contribution in [2.45, 2.75) is 6.42 Å². The van der Waals surface area contributed by atoms with E-state index >= 15 is 0 Å². The summed E-state index contributed by atoms with van der Waals surface area (Å²) in [5, 5.41) is 8.16. The van der Waals surface area contributed by atoms with E-state index in [9.17, 15) is 0 Å². The van der Waals surface area contributed by atoms with Crippen molar-refractivity contribution in [1.29, 1.82) is 0 Å². The quantitative estimate of drug-likeness (QED) is 0.677. The lowest BCUT2D eigenvalue weighted by Gasteiger charge is -1.98. The van der Waals surface area contributed by atoms with Gasteiger partial charge in [0.25, 0.3) is 0 Å². The largest absolute Gasteiger partial charge is 0.278 e. The van der Waals surface area contributed by atoms with Gasteiger partial charge in [-0.05, 0) is 17.7 Å². The Bertz CT molecular complexity index is 381. The maximum atomic E-state index is 4.20. The van der Waals surface area contributed by atoms with Gasteiger partial charge in [-0.3, -0.25) is 5.10 Å². The number of nitrogens with one attached hydrogen (secondary N) is 1. The first kappa shape index (κ1) is 7.68. The van der Waals surface area contributed by atoms with E-state index in [0.717, 1.165) is 17.7 Å². The molecular formula is C9H10N2S. The van der Waals surface area contributed by atoms with Crippen LogP contribution in [-0.2, 0) is 6.42 Å². The summed E-state index contributed by atoms with van der Waals surface area (Å²) in [5.74, 6) is 0.873. The average molecular weight is 178 g/mol. The molecule has 0 atom stereocenters. The van der Waals surface area contributed by atoms with Crippen LogP contribution in [0.25, 0.3) is 10.9 Å². The van der Waals surface area contributed by atoms with Crippen LogP contribution in [0.1, 0.15) is 5.56 Å². The molecule has 2 rings (SSSR count). The number of aromatic nitrogens is 2. The van der Waals surface area contributed by atoms with Crippen LogP contribution in [0.3, 0.4) is 0 Å². The second kappa shape index (κ2) is 3.19. The number of hydrogen-bond acceptors (Lipinski definition) is 2. The number of benzene rings is 1. The van der Waals surface area contributed by atoms with E-state index in [0.29, 0.717) is 0 Å². The molecule has 0 spiro atoms. The fraction of sp³-hybridized carbons (Fsp3) is 0.222. The molecule has 1 N–H and O–H groups in total. The van der Waals surface area contributed by atoms with Crippen LogP contribution in [-0.4, -0.2) is 16.0 Å². The van der Waals surface area contributed by atoms with Crippen LogP contribution in [0.15, 0.2) is 24.4 Å².